The lowest BCUT2D eigenvalue weighted by atomic mass is 10.1. The highest BCUT2D eigenvalue weighted by Gasteiger charge is 2.21. The Morgan fingerprint density at radius 2 is 1.71 bits per heavy atom. The Kier molecular flexibility index (Phi) is 5.78. The standard InChI is InChI=1S/C22H24O6/c1-6-13(2)27-22-20(23)16-9-8-15(24-3)12-18(16)28-21(22)14-7-10-17(25-4)19(11-14)26-5/h7-13H,6H2,1-5H3. The summed E-state index contributed by atoms with van der Waals surface area (Å²) in [5.74, 6) is 2.24. The Balaban J connectivity index is 2.29. The Labute approximate surface area is 163 Å². The van der Waals surface area contributed by atoms with E-state index in [2.05, 4.69) is 0 Å². The van der Waals surface area contributed by atoms with E-state index in [0.29, 0.717) is 39.5 Å². The molecule has 0 saturated carbocycles. The molecule has 6 nitrogen and oxygen atoms in total. The maximum Gasteiger partial charge on any atom is 0.235 e. The monoisotopic (exact) mass is 384 g/mol. The summed E-state index contributed by atoms with van der Waals surface area (Å²) in [6.45, 7) is 3.91. The minimum atomic E-state index is -0.228. The van der Waals surface area contributed by atoms with Gasteiger partial charge in [0.2, 0.25) is 11.2 Å². The van der Waals surface area contributed by atoms with Crippen LogP contribution in [0.4, 0.5) is 0 Å². The second-order valence-electron chi connectivity index (χ2n) is 6.36. The number of rotatable bonds is 7. The average molecular weight is 384 g/mol. The third-order valence-corrected chi connectivity index (χ3v) is 4.60. The summed E-state index contributed by atoms with van der Waals surface area (Å²) in [4.78, 5) is 13.2. The van der Waals surface area contributed by atoms with E-state index in [-0.39, 0.29) is 17.3 Å². The van der Waals surface area contributed by atoms with Crippen LogP contribution in [0, 0.1) is 0 Å². The van der Waals surface area contributed by atoms with E-state index in [1.807, 2.05) is 13.8 Å². The van der Waals surface area contributed by atoms with Crippen molar-refractivity contribution in [3.63, 3.8) is 0 Å². The second kappa shape index (κ2) is 8.25. The third kappa shape index (κ3) is 3.63. The molecule has 2 aromatic carbocycles. The van der Waals surface area contributed by atoms with Crippen molar-refractivity contribution < 1.29 is 23.4 Å². The lowest BCUT2D eigenvalue weighted by molar-refractivity contribution is 0.212. The molecule has 148 valence electrons. The molecule has 28 heavy (non-hydrogen) atoms. The first kappa shape index (κ1) is 19.6. The first-order valence-corrected chi connectivity index (χ1v) is 9.06. The van der Waals surface area contributed by atoms with E-state index < -0.39 is 0 Å². The van der Waals surface area contributed by atoms with Gasteiger partial charge in [0, 0.05) is 11.6 Å². The molecule has 0 amide bonds. The predicted octanol–water partition coefficient (Wildman–Crippen LogP) is 4.66. The first-order valence-electron chi connectivity index (χ1n) is 9.06. The highest BCUT2D eigenvalue weighted by molar-refractivity contribution is 5.83. The molecular formula is C22H24O6. The zero-order valence-corrected chi connectivity index (χ0v) is 16.7. The van der Waals surface area contributed by atoms with E-state index >= 15 is 0 Å². The summed E-state index contributed by atoms with van der Waals surface area (Å²) in [5.41, 5.74) is 0.845. The summed E-state index contributed by atoms with van der Waals surface area (Å²) in [6.07, 6.45) is 0.614. The van der Waals surface area contributed by atoms with Gasteiger partial charge < -0.3 is 23.4 Å². The van der Waals surface area contributed by atoms with Crippen LogP contribution in [-0.4, -0.2) is 27.4 Å². The van der Waals surface area contributed by atoms with Crippen LogP contribution in [-0.2, 0) is 0 Å². The highest BCUT2D eigenvalue weighted by Crippen LogP contribution is 2.37. The summed E-state index contributed by atoms with van der Waals surface area (Å²) >= 11 is 0. The van der Waals surface area contributed by atoms with Gasteiger partial charge in [-0.15, -0.1) is 0 Å². The zero-order valence-electron chi connectivity index (χ0n) is 16.7. The molecule has 0 fully saturated rings. The second-order valence-corrected chi connectivity index (χ2v) is 6.36. The fourth-order valence-electron chi connectivity index (χ4n) is 2.84. The molecule has 1 aromatic heterocycles. The van der Waals surface area contributed by atoms with Crippen LogP contribution >= 0.6 is 0 Å². The molecule has 0 N–H and O–H groups in total. The van der Waals surface area contributed by atoms with Gasteiger partial charge in [-0.2, -0.15) is 0 Å². The molecule has 1 heterocycles. The lowest BCUT2D eigenvalue weighted by Crippen LogP contribution is -2.17. The van der Waals surface area contributed by atoms with Crippen LogP contribution in [0.3, 0.4) is 0 Å². The van der Waals surface area contributed by atoms with Crippen LogP contribution in [0.2, 0.25) is 0 Å². The van der Waals surface area contributed by atoms with Crippen LogP contribution in [0.15, 0.2) is 45.6 Å². The molecule has 0 spiro atoms. The molecular weight excluding hydrogens is 360 g/mol. The number of benzene rings is 2. The van der Waals surface area contributed by atoms with Gasteiger partial charge in [0.05, 0.1) is 32.8 Å². The fourth-order valence-corrected chi connectivity index (χ4v) is 2.84. The molecule has 3 aromatic rings. The quantitative estimate of drug-likeness (QED) is 0.590. The molecule has 0 aliphatic heterocycles. The summed E-state index contributed by atoms with van der Waals surface area (Å²) in [6, 6.07) is 10.4. The number of methoxy groups -OCH3 is 3. The Hall–Kier alpha value is -3.15. The normalized spacial score (nSPS) is 11.9. The largest absolute Gasteiger partial charge is 0.497 e. The minimum absolute atomic E-state index is 0.141. The lowest BCUT2D eigenvalue weighted by Gasteiger charge is -2.16. The SMILES string of the molecule is CCC(C)Oc1c(-c2ccc(OC)c(OC)c2)oc2cc(OC)ccc2c1=O. The number of ether oxygens (including phenoxy) is 4. The van der Waals surface area contributed by atoms with Gasteiger partial charge in [-0.05, 0) is 43.7 Å². The smallest absolute Gasteiger partial charge is 0.235 e. The van der Waals surface area contributed by atoms with Crippen molar-refractivity contribution >= 4 is 11.0 Å². The molecule has 6 heteroatoms. The van der Waals surface area contributed by atoms with E-state index in [4.69, 9.17) is 23.4 Å². The maximum atomic E-state index is 13.2. The fraction of sp³-hybridized carbons (Fsp3) is 0.318. The van der Waals surface area contributed by atoms with Crippen molar-refractivity contribution in [1.82, 2.24) is 0 Å². The van der Waals surface area contributed by atoms with Crippen molar-refractivity contribution in [2.75, 3.05) is 21.3 Å². The van der Waals surface area contributed by atoms with Crippen molar-refractivity contribution in [2.24, 2.45) is 0 Å². The average Bonchev–Trinajstić information content (AvgIpc) is 2.74. The van der Waals surface area contributed by atoms with Crippen molar-refractivity contribution in [3.05, 3.63) is 46.6 Å². The molecule has 0 saturated heterocycles. The minimum Gasteiger partial charge on any atom is -0.497 e. The van der Waals surface area contributed by atoms with Gasteiger partial charge in [-0.25, -0.2) is 0 Å². The molecule has 3 rings (SSSR count). The molecule has 0 aliphatic rings. The van der Waals surface area contributed by atoms with Gasteiger partial charge >= 0.3 is 0 Å². The molecule has 0 bridgehead atoms. The van der Waals surface area contributed by atoms with E-state index in [1.165, 1.54) is 0 Å². The Morgan fingerprint density at radius 3 is 2.36 bits per heavy atom. The van der Waals surface area contributed by atoms with E-state index in [0.717, 1.165) is 6.42 Å². The van der Waals surface area contributed by atoms with E-state index in [9.17, 15) is 4.79 Å². The predicted molar refractivity (Wildman–Crippen MR) is 108 cm³/mol. The number of hydrogen-bond acceptors (Lipinski definition) is 6. The number of hydrogen-bond donors (Lipinski definition) is 0. The molecule has 1 unspecified atom stereocenters. The Bertz CT molecular complexity index is 1040. The van der Waals surface area contributed by atoms with Crippen LogP contribution in [0.1, 0.15) is 20.3 Å². The van der Waals surface area contributed by atoms with Crippen molar-refractivity contribution in [1.29, 1.82) is 0 Å². The van der Waals surface area contributed by atoms with Gasteiger partial charge in [0.15, 0.2) is 17.3 Å². The van der Waals surface area contributed by atoms with Crippen LogP contribution in [0.25, 0.3) is 22.3 Å². The number of fused-ring (bicyclic) bond motifs is 1. The molecule has 1 atom stereocenters. The van der Waals surface area contributed by atoms with Gasteiger partial charge in [0.1, 0.15) is 11.3 Å². The van der Waals surface area contributed by atoms with Crippen molar-refractivity contribution in [3.8, 4) is 34.3 Å². The van der Waals surface area contributed by atoms with Gasteiger partial charge in [-0.3, -0.25) is 4.79 Å². The van der Waals surface area contributed by atoms with Gasteiger partial charge in [0.25, 0.3) is 0 Å². The van der Waals surface area contributed by atoms with Crippen molar-refractivity contribution in [2.45, 2.75) is 26.4 Å². The first-order chi connectivity index (χ1) is 13.5. The maximum absolute atomic E-state index is 13.2. The zero-order chi connectivity index (χ0) is 20.3. The summed E-state index contributed by atoms with van der Waals surface area (Å²) in [5, 5.41) is 0.434. The van der Waals surface area contributed by atoms with Crippen LogP contribution in [0.5, 0.6) is 23.0 Å². The summed E-state index contributed by atoms with van der Waals surface area (Å²) in [7, 11) is 4.69. The third-order valence-electron chi connectivity index (χ3n) is 4.60. The topological polar surface area (TPSA) is 67.1 Å². The van der Waals surface area contributed by atoms with Crippen LogP contribution < -0.4 is 24.4 Å². The van der Waals surface area contributed by atoms with E-state index in [1.54, 1.807) is 57.7 Å². The Morgan fingerprint density at radius 1 is 0.964 bits per heavy atom. The highest BCUT2D eigenvalue weighted by atomic mass is 16.5. The molecule has 0 aliphatic carbocycles. The molecule has 0 radical (unpaired) electrons. The van der Waals surface area contributed by atoms with Gasteiger partial charge in [-0.1, -0.05) is 6.92 Å². The summed E-state index contributed by atoms with van der Waals surface area (Å²) < 4.78 is 28.0.